The topological polar surface area (TPSA) is 70.8 Å². The molecule has 0 fully saturated rings. The van der Waals surface area contributed by atoms with Crippen molar-refractivity contribution in [2.45, 2.75) is 6.61 Å². The number of nitrogens with two attached hydrogens (primary N) is 1. The lowest BCUT2D eigenvalue weighted by Crippen LogP contribution is -2.05. The molecule has 0 aliphatic carbocycles. The number of esters is 1. The summed E-state index contributed by atoms with van der Waals surface area (Å²) in [4.78, 5) is 15.7. The highest BCUT2D eigenvalue weighted by Crippen LogP contribution is 2.21. The third kappa shape index (κ3) is 2.68. The predicted octanol–water partition coefficient (Wildman–Crippen LogP) is 0.872. The first-order valence-corrected chi connectivity index (χ1v) is 4.29. The molecule has 0 saturated carbocycles. The summed E-state index contributed by atoms with van der Waals surface area (Å²) in [5.41, 5.74) is 1.20. The van der Waals surface area contributed by atoms with Gasteiger partial charge >= 0.3 is 5.97 Å². The maximum Gasteiger partial charge on any atom is 0.337 e. The van der Waals surface area contributed by atoms with Crippen molar-refractivity contribution in [2.75, 3.05) is 14.2 Å². The summed E-state index contributed by atoms with van der Waals surface area (Å²) in [5, 5.41) is 0. The lowest BCUT2D eigenvalue weighted by Gasteiger charge is -2.08. The van der Waals surface area contributed by atoms with E-state index in [0.717, 1.165) is 5.56 Å². The second-order valence-electron chi connectivity index (χ2n) is 2.83. The van der Waals surface area contributed by atoms with Crippen LogP contribution in [-0.2, 0) is 16.2 Å². The summed E-state index contributed by atoms with van der Waals surface area (Å²) < 4.78 is 9.68. The van der Waals surface area contributed by atoms with Crippen LogP contribution in [0, 0.1) is 0 Å². The largest absolute Gasteiger partial charge is 0.496 e. The van der Waals surface area contributed by atoms with Crippen molar-refractivity contribution < 1.29 is 19.1 Å². The van der Waals surface area contributed by atoms with Gasteiger partial charge in [0.25, 0.3) is 0 Å². The van der Waals surface area contributed by atoms with Crippen LogP contribution in [0.25, 0.3) is 0 Å². The van der Waals surface area contributed by atoms with Gasteiger partial charge in [0.2, 0.25) is 0 Å². The average molecular weight is 211 g/mol. The molecule has 0 heterocycles. The molecule has 0 unspecified atom stereocenters. The van der Waals surface area contributed by atoms with E-state index in [0.29, 0.717) is 11.3 Å². The van der Waals surface area contributed by atoms with Crippen LogP contribution in [-0.4, -0.2) is 20.2 Å². The van der Waals surface area contributed by atoms with Gasteiger partial charge in [-0.25, -0.2) is 10.7 Å². The van der Waals surface area contributed by atoms with E-state index >= 15 is 0 Å². The minimum atomic E-state index is -0.409. The Morgan fingerprint density at radius 1 is 1.40 bits per heavy atom. The van der Waals surface area contributed by atoms with Gasteiger partial charge in [0, 0.05) is 5.56 Å². The Morgan fingerprint density at radius 2 is 2.13 bits per heavy atom. The SMILES string of the molecule is COC(=O)c1ccc(CON)c(OC)c1. The second kappa shape index (κ2) is 5.33. The van der Waals surface area contributed by atoms with Gasteiger partial charge in [-0.15, -0.1) is 0 Å². The summed E-state index contributed by atoms with van der Waals surface area (Å²) in [5.74, 6) is 5.10. The van der Waals surface area contributed by atoms with Gasteiger partial charge in [0.15, 0.2) is 0 Å². The van der Waals surface area contributed by atoms with Crippen molar-refractivity contribution in [3.05, 3.63) is 29.3 Å². The third-order valence-corrected chi connectivity index (χ3v) is 1.95. The zero-order valence-electron chi connectivity index (χ0n) is 8.65. The minimum Gasteiger partial charge on any atom is -0.496 e. The van der Waals surface area contributed by atoms with Gasteiger partial charge in [-0.2, -0.15) is 0 Å². The molecule has 0 aliphatic heterocycles. The summed E-state index contributed by atoms with van der Waals surface area (Å²) in [6.07, 6.45) is 0. The fraction of sp³-hybridized carbons (Fsp3) is 0.300. The van der Waals surface area contributed by atoms with Crippen molar-refractivity contribution in [2.24, 2.45) is 5.90 Å². The number of carbonyl (C=O) groups excluding carboxylic acids is 1. The first kappa shape index (κ1) is 11.5. The van der Waals surface area contributed by atoms with Gasteiger partial charge in [0.05, 0.1) is 26.4 Å². The molecule has 0 atom stereocenters. The fourth-order valence-electron chi connectivity index (χ4n) is 1.20. The van der Waals surface area contributed by atoms with E-state index in [1.165, 1.54) is 14.2 Å². The molecule has 0 amide bonds. The van der Waals surface area contributed by atoms with E-state index in [9.17, 15) is 4.79 Å². The molecule has 0 aromatic heterocycles. The molecule has 0 radical (unpaired) electrons. The summed E-state index contributed by atoms with van der Waals surface area (Å²) in [6, 6.07) is 4.92. The van der Waals surface area contributed by atoms with Crippen LogP contribution in [0.3, 0.4) is 0 Å². The van der Waals surface area contributed by atoms with E-state index in [1.807, 2.05) is 0 Å². The van der Waals surface area contributed by atoms with Gasteiger partial charge in [0.1, 0.15) is 5.75 Å². The first-order valence-electron chi connectivity index (χ1n) is 4.29. The Kier molecular flexibility index (Phi) is 4.08. The first-order chi connectivity index (χ1) is 7.22. The maximum atomic E-state index is 11.2. The van der Waals surface area contributed by atoms with Crippen molar-refractivity contribution in [3.8, 4) is 5.75 Å². The van der Waals surface area contributed by atoms with Crippen LogP contribution < -0.4 is 10.6 Å². The summed E-state index contributed by atoms with van der Waals surface area (Å²) >= 11 is 0. The molecule has 5 heteroatoms. The van der Waals surface area contributed by atoms with Gasteiger partial charge < -0.3 is 9.47 Å². The van der Waals surface area contributed by atoms with Crippen LogP contribution in [0.1, 0.15) is 15.9 Å². The molecule has 0 saturated heterocycles. The molecule has 0 spiro atoms. The lowest BCUT2D eigenvalue weighted by molar-refractivity contribution is 0.0600. The number of benzene rings is 1. The highest BCUT2D eigenvalue weighted by atomic mass is 16.6. The molecule has 0 aliphatic rings. The van der Waals surface area contributed by atoms with Crippen molar-refractivity contribution >= 4 is 5.97 Å². The standard InChI is InChI=1S/C10H13NO4/c1-13-9-5-7(10(12)14-2)3-4-8(9)6-15-11/h3-5H,6,11H2,1-2H3. The normalized spacial score (nSPS) is 9.80. The molecular weight excluding hydrogens is 198 g/mol. The molecule has 1 rings (SSSR count). The molecule has 2 N–H and O–H groups in total. The van der Waals surface area contributed by atoms with E-state index in [4.69, 9.17) is 10.6 Å². The lowest BCUT2D eigenvalue weighted by atomic mass is 10.1. The number of carbonyl (C=O) groups is 1. The molecule has 0 bridgehead atoms. The van der Waals surface area contributed by atoms with E-state index in [2.05, 4.69) is 9.57 Å². The molecule has 1 aromatic rings. The Labute approximate surface area is 87.7 Å². The Bertz CT molecular complexity index is 351. The molecule has 82 valence electrons. The Morgan fingerprint density at radius 3 is 2.67 bits per heavy atom. The Hall–Kier alpha value is -1.59. The van der Waals surface area contributed by atoms with Crippen LogP contribution in [0.4, 0.5) is 0 Å². The monoisotopic (exact) mass is 211 g/mol. The highest BCUT2D eigenvalue weighted by Gasteiger charge is 2.09. The van der Waals surface area contributed by atoms with Crippen molar-refractivity contribution in [1.82, 2.24) is 0 Å². The summed E-state index contributed by atoms with van der Waals surface area (Å²) in [7, 11) is 2.84. The average Bonchev–Trinajstić information content (AvgIpc) is 2.29. The van der Waals surface area contributed by atoms with Crippen molar-refractivity contribution in [1.29, 1.82) is 0 Å². The molecule has 5 nitrogen and oxygen atoms in total. The zero-order chi connectivity index (χ0) is 11.3. The quantitative estimate of drug-likeness (QED) is 0.591. The number of methoxy groups -OCH3 is 2. The van der Waals surface area contributed by atoms with Crippen LogP contribution in [0.15, 0.2) is 18.2 Å². The number of rotatable bonds is 4. The number of hydrogen-bond acceptors (Lipinski definition) is 5. The van der Waals surface area contributed by atoms with Crippen LogP contribution >= 0.6 is 0 Å². The smallest absolute Gasteiger partial charge is 0.337 e. The van der Waals surface area contributed by atoms with E-state index < -0.39 is 5.97 Å². The minimum absolute atomic E-state index is 0.227. The van der Waals surface area contributed by atoms with Gasteiger partial charge in [-0.3, -0.25) is 4.84 Å². The predicted molar refractivity (Wildman–Crippen MR) is 53.3 cm³/mol. The van der Waals surface area contributed by atoms with Gasteiger partial charge in [-0.1, -0.05) is 6.07 Å². The molecule has 15 heavy (non-hydrogen) atoms. The fourth-order valence-corrected chi connectivity index (χ4v) is 1.20. The van der Waals surface area contributed by atoms with E-state index in [-0.39, 0.29) is 6.61 Å². The van der Waals surface area contributed by atoms with Crippen molar-refractivity contribution in [3.63, 3.8) is 0 Å². The molecule has 1 aromatic carbocycles. The number of hydrogen-bond donors (Lipinski definition) is 1. The Balaban J connectivity index is 3.01. The van der Waals surface area contributed by atoms with Crippen LogP contribution in [0.2, 0.25) is 0 Å². The second-order valence-corrected chi connectivity index (χ2v) is 2.83. The summed E-state index contributed by atoms with van der Waals surface area (Å²) in [6.45, 7) is 0.227. The molecular formula is C10H13NO4. The van der Waals surface area contributed by atoms with Crippen LogP contribution in [0.5, 0.6) is 5.75 Å². The van der Waals surface area contributed by atoms with E-state index in [1.54, 1.807) is 18.2 Å². The zero-order valence-corrected chi connectivity index (χ0v) is 8.65. The number of ether oxygens (including phenoxy) is 2. The highest BCUT2D eigenvalue weighted by molar-refractivity contribution is 5.89. The maximum absolute atomic E-state index is 11.2. The van der Waals surface area contributed by atoms with Gasteiger partial charge in [-0.05, 0) is 12.1 Å². The third-order valence-electron chi connectivity index (χ3n) is 1.95.